The van der Waals surface area contributed by atoms with Crippen molar-refractivity contribution in [3.05, 3.63) is 92.2 Å². The molecule has 0 unspecified atom stereocenters. The molecule has 2 aromatic rings. The highest BCUT2D eigenvalue weighted by Crippen LogP contribution is 2.46. The number of hydrogen-bond donors (Lipinski definition) is 1. The van der Waals surface area contributed by atoms with E-state index in [9.17, 15) is 9.59 Å². The molecule has 0 fully saturated rings. The smallest absolute Gasteiger partial charge is 0.337 e. The summed E-state index contributed by atoms with van der Waals surface area (Å²) in [6, 6.07) is 15.0. The number of carbonyl (C=O) groups is 2. The molecule has 1 N–H and O–H groups in total. The van der Waals surface area contributed by atoms with Gasteiger partial charge in [-0.2, -0.15) is 0 Å². The van der Waals surface area contributed by atoms with E-state index >= 15 is 0 Å². The van der Waals surface area contributed by atoms with Crippen molar-refractivity contribution in [3.8, 4) is 0 Å². The zero-order valence-electron chi connectivity index (χ0n) is 19.0. The standard InChI is InChI=1S/C27H27Cl2NO3/c1-4-15(2)33-27(32)24-16(3)30-22-13-19(17-5-9-20(28)10-6-17)14-23(31)26(22)25(24)18-7-11-21(29)12-8-18/h5-12,15,19,25,30H,4,13-14H2,1-3H3/t15-,19-,25-/m1/s1. The molecule has 4 rings (SSSR count). The summed E-state index contributed by atoms with van der Waals surface area (Å²) in [5.74, 6) is -0.805. The minimum atomic E-state index is -0.492. The van der Waals surface area contributed by atoms with Crippen LogP contribution in [0.3, 0.4) is 0 Å². The van der Waals surface area contributed by atoms with Crippen LogP contribution in [-0.2, 0) is 14.3 Å². The second kappa shape index (κ2) is 9.74. The van der Waals surface area contributed by atoms with Crippen molar-refractivity contribution in [1.29, 1.82) is 0 Å². The SMILES string of the molecule is CC[C@@H](C)OC(=O)C1=C(C)NC2=C(C(=O)C[C@H](c3ccc(Cl)cc3)C2)[C@@H]1c1ccc(Cl)cc1. The summed E-state index contributed by atoms with van der Waals surface area (Å²) in [7, 11) is 0. The molecule has 4 nitrogen and oxygen atoms in total. The average molecular weight is 484 g/mol. The molecule has 172 valence electrons. The minimum absolute atomic E-state index is 0.0324. The molecule has 1 heterocycles. The predicted octanol–water partition coefficient (Wildman–Crippen LogP) is 6.70. The van der Waals surface area contributed by atoms with Crippen LogP contribution in [0.5, 0.6) is 0 Å². The lowest BCUT2D eigenvalue weighted by atomic mass is 9.72. The van der Waals surface area contributed by atoms with Gasteiger partial charge in [-0.05, 0) is 68.0 Å². The van der Waals surface area contributed by atoms with Gasteiger partial charge in [-0.1, -0.05) is 54.4 Å². The molecular formula is C27H27Cl2NO3. The molecule has 3 atom stereocenters. The van der Waals surface area contributed by atoms with Crippen LogP contribution in [0.1, 0.15) is 63.0 Å². The molecule has 33 heavy (non-hydrogen) atoms. The number of allylic oxidation sites excluding steroid dienone is 3. The van der Waals surface area contributed by atoms with Gasteiger partial charge in [0, 0.05) is 39.4 Å². The Labute approximate surface area is 204 Å². The van der Waals surface area contributed by atoms with E-state index in [0.29, 0.717) is 46.2 Å². The quantitative estimate of drug-likeness (QED) is 0.480. The summed E-state index contributed by atoms with van der Waals surface area (Å²) in [4.78, 5) is 26.8. The predicted molar refractivity (Wildman–Crippen MR) is 131 cm³/mol. The first-order valence-corrected chi connectivity index (χ1v) is 12.0. The fraction of sp³-hybridized carbons (Fsp3) is 0.333. The van der Waals surface area contributed by atoms with E-state index < -0.39 is 11.9 Å². The molecule has 1 aliphatic heterocycles. The van der Waals surface area contributed by atoms with Gasteiger partial charge in [0.2, 0.25) is 0 Å². The van der Waals surface area contributed by atoms with Crippen LogP contribution in [0.2, 0.25) is 10.0 Å². The number of dihydropyridines is 1. The van der Waals surface area contributed by atoms with Crippen molar-refractivity contribution < 1.29 is 14.3 Å². The van der Waals surface area contributed by atoms with Gasteiger partial charge in [0.1, 0.15) is 0 Å². The number of nitrogens with one attached hydrogen (secondary N) is 1. The maximum absolute atomic E-state index is 13.6. The van der Waals surface area contributed by atoms with Crippen LogP contribution in [0.25, 0.3) is 0 Å². The van der Waals surface area contributed by atoms with E-state index in [1.807, 2.05) is 57.2 Å². The van der Waals surface area contributed by atoms with Crippen molar-refractivity contribution in [3.63, 3.8) is 0 Å². The zero-order valence-corrected chi connectivity index (χ0v) is 20.5. The number of carbonyl (C=O) groups excluding carboxylic acids is 2. The number of ether oxygens (including phenoxy) is 1. The van der Waals surface area contributed by atoms with Gasteiger partial charge in [-0.15, -0.1) is 0 Å². The maximum Gasteiger partial charge on any atom is 0.337 e. The molecule has 2 aromatic carbocycles. The highest BCUT2D eigenvalue weighted by atomic mass is 35.5. The molecular weight excluding hydrogens is 457 g/mol. The summed E-state index contributed by atoms with van der Waals surface area (Å²) in [6.07, 6.45) is 1.55. The first kappa shape index (κ1) is 23.6. The minimum Gasteiger partial charge on any atom is -0.459 e. The molecule has 0 amide bonds. The largest absolute Gasteiger partial charge is 0.459 e. The van der Waals surface area contributed by atoms with Gasteiger partial charge in [0.05, 0.1) is 11.7 Å². The lowest BCUT2D eigenvalue weighted by Gasteiger charge is -2.37. The fourth-order valence-corrected chi connectivity index (χ4v) is 4.85. The second-order valence-electron chi connectivity index (χ2n) is 8.74. The van der Waals surface area contributed by atoms with Crippen LogP contribution in [-0.4, -0.2) is 17.9 Å². The second-order valence-corrected chi connectivity index (χ2v) is 9.62. The van der Waals surface area contributed by atoms with Crippen molar-refractivity contribution in [1.82, 2.24) is 5.32 Å². The molecule has 6 heteroatoms. The van der Waals surface area contributed by atoms with Crippen molar-refractivity contribution in [2.24, 2.45) is 0 Å². The van der Waals surface area contributed by atoms with E-state index in [2.05, 4.69) is 5.32 Å². The Kier molecular flexibility index (Phi) is 6.96. The lowest BCUT2D eigenvalue weighted by molar-refractivity contribution is -0.144. The van der Waals surface area contributed by atoms with Gasteiger partial charge < -0.3 is 10.1 Å². The van der Waals surface area contributed by atoms with Gasteiger partial charge in [-0.3, -0.25) is 4.79 Å². The average Bonchev–Trinajstić information content (AvgIpc) is 2.78. The van der Waals surface area contributed by atoms with E-state index in [4.69, 9.17) is 27.9 Å². The molecule has 1 aliphatic carbocycles. The van der Waals surface area contributed by atoms with Crippen molar-refractivity contribution in [2.45, 2.75) is 58.0 Å². The monoisotopic (exact) mass is 483 g/mol. The summed E-state index contributed by atoms with van der Waals surface area (Å²) in [5, 5.41) is 4.65. The maximum atomic E-state index is 13.6. The summed E-state index contributed by atoms with van der Waals surface area (Å²) in [6.45, 7) is 5.71. The molecule has 0 saturated carbocycles. The van der Waals surface area contributed by atoms with Gasteiger partial charge in [0.15, 0.2) is 5.78 Å². The molecule has 0 aromatic heterocycles. The normalized spacial score (nSPS) is 21.4. The highest BCUT2D eigenvalue weighted by molar-refractivity contribution is 6.30. The van der Waals surface area contributed by atoms with Gasteiger partial charge in [0.25, 0.3) is 0 Å². The topological polar surface area (TPSA) is 55.4 Å². The number of hydrogen-bond acceptors (Lipinski definition) is 4. The van der Waals surface area contributed by atoms with E-state index in [1.165, 1.54) is 0 Å². The lowest BCUT2D eigenvalue weighted by Crippen LogP contribution is -2.36. The number of ketones is 1. The summed E-state index contributed by atoms with van der Waals surface area (Å²) < 4.78 is 5.69. The highest BCUT2D eigenvalue weighted by Gasteiger charge is 2.41. The molecule has 0 radical (unpaired) electrons. The third-order valence-electron chi connectivity index (χ3n) is 6.48. The van der Waals surface area contributed by atoms with Crippen LogP contribution >= 0.6 is 23.2 Å². The first-order valence-electron chi connectivity index (χ1n) is 11.2. The number of halogens is 2. The van der Waals surface area contributed by atoms with Crippen molar-refractivity contribution >= 4 is 35.0 Å². The molecule has 0 bridgehead atoms. The van der Waals surface area contributed by atoms with Crippen LogP contribution in [0.15, 0.2) is 71.1 Å². The number of esters is 1. The third kappa shape index (κ3) is 4.87. The van der Waals surface area contributed by atoms with Crippen LogP contribution < -0.4 is 5.32 Å². The molecule has 2 aliphatic rings. The van der Waals surface area contributed by atoms with E-state index in [-0.39, 0.29) is 17.8 Å². The number of benzene rings is 2. The summed E-state index contributed by atoms with van der Waals surface area (Å²) >= 11 is 12.2. The zero-order chi connectivity index (χ0) is 23.7. The third-order valence-corrected chi connectivity index (χ3v) is 6.98. The van der Waals surface area contributed by atoms with E-state index in [1.54, 1.807) is 12.1 Å². The Morgan fingerprint density at radius 3 is 2.18 bits per heavy atom. The Hall–Kier alpha value is -2.56. The fourth-order valence-electron chi connectivity index (χ4n) is 4.60. The van der Waals surface area contributed by atoms with Gasteiger partial charge in [-0.25, -0.2) is 4.79 Å². The van der Waals surface area contributed by atoms with Crippen LogP contribution in [0.4, 0.5) is 0 Å². The Morgan fingerprint density at radius 2 is 1.61 bits per heavy atom. The molecule has 0 saturated heterocycles. The van der Waals surface area contributed by atoms with E-state index in [0.717, 1.165) is 16.8 Å². The van der Waals surface area contributed by atoms with Gasteiger partial charge >= 0.3 is 5.97 Å². The molecule has 0 spiro atoms. The number of rotatable bonds is 5. The Bertz CT molecular complexity index is 1130. The Morgan fingerprint density at radius 1 is 1.03 bits per heavy atom. The van der Waals surface area contributed by atoms with Crippen molar-refractivity contribution in [2.75, 3.05) is 0 Å². The number of Topliss-reactive ketones (excluding diaryl/α,β-unsaturated/α-hetero) is 1. The first-order chi connectivity index (χ1) is 15.8. The Balaban J connectivity index is 1.76. The summed E-state index contributed by atoms with van der Waals surface area (Å²) in [5.41, 5.74) is 4.63. The van der Waals surface area contributed by atoms with Crippen LogP contribution in [0, 0.1) is 0 Å².